The molecule has 3 rings (SSSR count). The zero-order valence-electron chi connectivity index (χ0n) is 18.2. The van der Waals surface area contributed by atoms with E-state index in [1.165, 1.54) is 5.56 Å². The Kier molecular flexibility index (Phi) is 7.50. The van der Waals surface area contributed by atoms with Crippen LogP contribution >= 0.6 is 0 Å². The quantitative estimate of drug-likeness (QED) is 0.626. The van der Waals surface area contributed by atoms with Gasteiger partial charge in [0.25, 0.3) is 0 Å². The molecule has 6 nitrogen and oxygen atoms in total. The smallest absolute Gasteiger partial charge is 0.335 e. The van der Waals surface area contributed by atoms with Crippen LogP contribution in [0.2, 0.25) is 0 Å². The Hall–Kier alpha value is -3.09. The summed E-state index contributed by atoms with van der Waals surface area (Å²) in [6, 6.07) is 15.9. The third-order valence-corrected chi connectivity index (χ3v) is 5.07. The van der Waals surface area contributed by atoms with Crippen LogP contribution in [-0.4, -0.2) is 35.9 Å². The minimum Gasteiger partial charge on any atom is -0.478 e. The first-order valence-corrected chi connectivity index (χ1v) is 10.4. The molecule has 0 radical (unpaired) electrons. The van der Waals surface area contributed by atoms with Gasteiger partial charge in [-0.05, 0) is 59.9 Å². The van der Waals surface area contributed by atoms with Gasteiger partial charge in [0.1, 0.15) is 17.7 Å². The zero-order valence-corrected chi connectivity index (χ0v) is 18.2. The van der Waals surface area contributed by atoms with Crippen LogP contribution in [0.4, 0.5) is 0 Å². The third kappa shape index (κ3) is 5.96. The van der Waals surface area contributed by atoms with Gasteiger partial charge in [-0.1, -0.05) is 38.1 Å². The first-order chi connectivity index (χ1) is 14.9. The van der Waals surface area contributed by atoms with Crippen molar-refractivity contribution in [3.63, 3.8) is 0 Å². The highest BCUT2D eigenvalue weighted by atomic mass is 16.5. The molecule has 0 fully saturated rings. The molecule has 1 aliphatic rings. The summed E-state index contributed by atoms with van der Waals surface area (Å²) in [5, 5.41) is 9.40. The minimum absolute atomic E-state index is 0.154. The van der Waals surface area contributed by atoms with Gasteiger partial charge in [0, 0.05) is 19.4 Å². The highest BCUT2D eigenvalue weighted by molar-refractivity contribution is 5.88. The van der Waals surface area contributed by atoms with Crippen LogP contribution in [0.3, 0.4) is 0 Å². The van der Waals surface area contributed by atoms with E-state index in [0.717, 1.165) is 29.2 Å². The third-order valence-electron chi connectivity index (χ3n) is 5.07. The summed E-state index contributed by atoms with van der Waals surface area (Å²) in [5.41, 5.74) is 9.46. The van der Waals surface area contributed by atoms with Crippen molar-refractivity contribution < 1.29 is 19.4 Å². The molecular formula is C25H30N2O4. The lowest BCUT2D eigenvalue weighted by molar-refractivity contribution is -0.133. The van der Waals surface area contributed by atoms with Gasteiger partial charge in [-0.2, -0.15) is 0 Å². The molecule has 3 N–H and O–H groups in total. The van der Waals surface area contributed by atoms with Gasteiger partial charge in [0.2, 0.25) is 0 Å². The number of nitrogens with zero attached hydrogens (tertiary/aromatic N) is 1. The summed E-state index contributed by atoms with van der Waals surface area (Å²) in [7, 11) is 1.60. The maximum absolute atomic E-state index is 11.5. The summed E-state index contributed by atoms with van der Waals surface area (Å²) in [6.07, 6.45) is 3.56. The number of allylic oxidation sites excluding steroid dienone is 2. The van der Waals surface area contributed by atoms with Gasteiger partial charge < -0.3 is 25.2 Å². The molecule has 0 saturated heterocycles. The van der Waals surface area contributed by atoms with E-state index >= 15 is 0 Å². The number of ether oxygens (including phenoxy) is 2. The molecule has 1 unspecified atom stereocenters. The summed E-state index contributed by atoms with van der Waals surface area (Å²) in [5.74, 6) is 1.12. The normalized spacial score (nSPS) is 16.2. The Morgan fingerprint density at radius 1 is 1.10 bits per heavy atom. The Morgan fingerprint density at radius 3 is 2.48 bits per heavy atom. The second-order valence-electron chi connectivity index (χ2n) is 8.08. The molecule has 0 bridgehead atoms. The van der Waals surface area contributed by atoms with Crippen molar-refractivity contribution in [3.05, 3.63) is 83.1 Å². The lowest BCUT2D eigenvalue weighted by Gasteiger charge is -2.35. The second kappa shape index (κ2) is 10.3. The fourth-order valence-electron chi connectivity index (χ4n) is 3.61. The Labute approximate surface area is 183 Å². The molecule has 1 heterocycles. The fraction of sp³-hybridized carbons (Fsp3) is 0.320. The molecule has 0 spiro atoms. The predicted octanol–water partition coefficient (Wildman–Crippen LogP) is 4.32. The van der Waals surface area contributed by atoms with Gasteiger partial charge in [0.15, 0.2) is 0 Å². The molecule has 2 aromatic rings. The second-order valence-corrected chi connectivity index (χ2v) is 8.08. The largest absolute Gasteiger partial charge is 0.478 e. The number of hydrogen-bond donors (Lipinski definition) is 2. The molecule has 6 heteroatoms. The zero-order chi connectivity index (χ0) is 22.4. The van der Waals surface area contributed by atoms with E-state index in [1.807, 2.05) is 41.3 Å². The summed E-state index contributed by atoms with van der Waals surface area (Å²) >= 11 is 0. The monoisotopic (exact) mass is 422 g/mol. The number of carbonyl (C=O) groups is 1. The predicted molar refractivity (Wildman–Crippen MR) is 121 cm³/mol. The number of aliphatic carboxylic acids is 1. The molecule has 0 amide bonds. The molecule has 1 atom stereocenters. The van der Waals surface area contributed by atoms with E-state index in [9.17, 15) is 9.90 Å². The molecule has 0 aliphatic carbocycles. The molecule has 31 heavy (non-hydrogen) atoms. The number of benzene rings is 2. The number of nitrogens with two attached hydrogens (primary N) is 1. The summed E-state index contributed by atoms with van der Waals surface area (Å²) in [4.78, 5) is 13.3. The molecule has 1 aliphatic heterocycles. The highest BCUT2D eigenvalue weighted by Gasteiger charge is 2.27. The van der Waals surface area contributed by atoms with E-state index in [1.54, 1.807) is 19.3 Å². The van der Waals surface area contributed by atoms with Gasteiger partial charge in [-0.25, -0.2) is 4.79 Å². The molecule has 0 saturated carbocycles. The Balaban J connectivity index is 1.70. The van der Waals surface area contributed by atoms with E-state index in [0.29, 0.717) is 19.1 Å². The Morgan fingerprint density at radius 2 is 1.84 bits per heavy atom. The standard InChI is InChI=1S/C25H30N2O4/c1-17(2)13-19-5-4-6-22(14-19)31-21-10-7-18(8-11-21)15-27-20(16-30-3)9-12-23(24(27)26)25(28)29/h4-12,14,17,24H,13,15-16,26H2,1-3H3,(H,28,29). The highest BCUT2D eigenvalue weighted by Crippen LogP contribution is 2.26. The molecule has 2 aromatic carbocycles. The fourth-order valence-corrected chi connectivity index (χ4v) is 3.61. The lowest BCUT2D eigenvalue weighted by atomic mass is 10.0. The maximum atomic E-state index is 11.5. The summed E-state index contributed by atoms with van der Waals surface area (Å²) in [6.45, 7) is 5.21. The first kappa shape index (κ1) is 22.6. The maximum Gasteiger partial charge on any atom is 0.335 e. The van der Waals surface area contributed by atoms with Crippen molar-refractivity contribution in [2.75, 3.05) is 13.7 Å². The van der Waals surface area contributed by atoms with E-state index in [-0.39, 0.29) is 5.57 Å². The van der Waals surface area contributed by atoms with Crippen LogP contribution in [0.25, 0.3) is 0 Å². The number of carboxylic acids is 1. The lowest BCUT2D eigenvalue weighted by Crippen LogP contribution is -2.46. The van der Waals surface area contributed by atoms with Crippen molar-refractivity contribution in [2.24, 2.45) is 11.7 Å². The van der Waals surface area contributed by atoms with Crippen LogP contribution in [0.5, 0.6) is 11.5 Å². The molecule has 164 valence electrons. The van der Waals surface area contributed by atoms with Gasteiger partial charge in [-0.3, -0.25) is 0 Å². The van der Waals surface area contributed by atoms with Crippen molar-refractivity contribution in [1.29, 1.82) is 0 Å². The van der Waals surface area contributed by atoms with Crippen LogP contribution in [0.15, 0.2) is 72.0 Å². The summed E-state index contributed by atoms with van der Waals surface area (Å²) < 4.78 is 11.3. The Bertz CT molecular complexity index is 964. The van der Waals surface area contributed by atoms with Crippen LogP contribution < -0.4 is 10.5 Å². The van der Waals surface area contributed by atoms with Gasteiger partial charge in [-0.15, -0.1) is 0 Å². The topological polar surface area (TPSA) is 85.0 Å². The number of hydrogen-bond acceptors (Lipinski definition) is 5. The first-order valence-electron chi connectivity index (χ1n) is 10.4. The van der Waals surface area contributed by atoms with Crippen molar-refractivity contribution in [1.82, 2.24) is 4.90 Å². The average molecular weight is 423 g/mol. The van der Waals surface area contributed by atoms with Crippen LogP contribution in [0, 0.1) is 5.92 Å². The number of methoxy groups -OCH3 is 1. The minimum atomic E-state index is -1.02. The van der Waals surface area contributed by atoms with Gasteiger partial charge >= 0.3 is 5.97 Å². The number of rotatable bonds is 9. The van der Waals surface area contributed by atoms with Crippen LogP contribution in [0.1, 0.15) is 25.0 Å². The average Bonchev–Trinajstić information content (AvgIpc) is 2.71. The van der Waals surface area contributed by atoms with Crippen molar-refractivity contribution >= 4 is 5.97 Å². The molecular weight excluding hydrogens is 392 g/mol. The number of carboxylic acid groups (broad SMARTS) is 1. The van der Waals surface area contributed by atoms with Gasteiger partial charge in [0.05, 0.1) is 12.2 Å². The SMILES string of the molecule is COCC1=CC=C(C(=O)O)C(N)N1Cc1ccc(Oc2cccc(CC(C)C)c2)cc1. The van der Waals surface area contributed by atoms with E-state index < -0.39 is 12.1 Å². The molecule has 0 aromatic heterocycles. The van der Waals surface area contributed by atoms with E-state index in [2.05, 4.69) is 26.0 Å². The van der Waals surface area contributed by atoms with E-state index in [4.69, 9.17) is 15.2 Å². The van der Waals surface area contributed by atoms with Crippen LogP contribution in [-0.2, 0) is 22.5 Å². The van der Waals surface area contributed by atoms with Crippen molar-refractivity contribution in [2.45, 2.75) is 33.0 Å². The van der Waals surface area contributed by atoms with Crippen molar-refractivity contribution in [3.8, 4) is 11.5 Å².